The molecule has 0 heterocycles. The molecule has 0 amide bonds. The average Bonchev–Trinajstić information content (AvgIpc) is 2.71. The fourth-order valence-electron chi connectivity index (χ4n) is 2.71. The van der Waals surface area contributed by atoms with Crippen molar-refractivity contribution >= 4 is 17.5 Å². The van der Waals surface area contributed by atoms with Crippen molar-refractivity contribution in [2.45, 2.75) is 26.7 Å². The number of hydrogen-bond donors (Lipinski definition) is 0. The summed E-state index contributed by atoms with van der Waals surface area (Å²) in [7, 11) is 2.95. The second-order valence-corrected chi connectivity index (χ2v) is 6.39. The molecular formula is C22H24O6. The minimum Gasteiger partial charge on any atom is -0.497 e. The summed E-state index contributed by atoms with van der Waals surface area (Å²) in [6, 6.07) is 10.4. The van der Waals surface area contributed by atoms with E-state index in [1.54, 1.807) is 18.2 Å². The number of methoxy groups -OCH3 is 2. The maximum absolute atomic E-state index is 12.3. The van der Waals surface area contributed by atoms with Crippen LogP contribution < -0.4 is 9.47 Å². The molecule has 0 aliphatic rings. The monoisotopic (exact) mass is 384 g/mol. The Bertz CT molecular complexity index is 885. The summed E-state index contributed by atoms with van der Waals surface area (Å²) in [5, 5.41) is 0. The molecule has 0 saturated carbocycles. The van der Waals surface area contributed by atoms with Gasteiger partial charge in [-0.25, -0.2) is 0 Å². The van der Waals surface area contributed by atoms with Crippen molar-refractivity contribution in [3.05, 3.63) is 58.7 Å². The molecule has 0 fully saturated rings. The summed E-state index contributed by atoms with van der Waals surface area (Å²) in [5.41, 5.74) is 2.75. The molecule has 0 aromatic heterocycles. The van der Waals surface area contributed by atoms with E-state index in [1.807, 2.05) is 32.0 Å². The van der Waals surface area contributed by atoms with Crippen molar-refractivity contribution < 1.29 is 28.6 Å². The third-order valence-electron chi connectivity index (χ3n) is 4.32. The van der Waals surface area contributed by atoms with Crippen LogP contribution >= 0.6 is 0 Å². The van der Waals surface area contributed by atoms with Crippen LogP contribution in [0.15, 0.2) is 36.4 Å². The minimum atomic E-state index is -0.598. The molecule has 0 N–H and O–H groups in total. The highest BCUT2D eigenvalue weighted by Gasteiger charge is 2.17. The molecule has 2 rings (SSSR count). The summed E-state index contributed by atoms with van der Waals surface area (Å²) in [5.74, 6) is -0.227. The molecule has 2 aromatic rings. The molecule has 0 bridgehead atoms. The molecule has 0 unspecified atom stereocenters. The minimum absolute atomic E-state index is 0.0309. The number of Topliss-reactive ketones (excluding diaryl/α,β-unsaturated/α-hetero) is 2. The van der Waals surface area contributed by atoms with Crippen molar-refractivity contribution in [2.24, 2.45) is 0 Å². The number of hydrogen-bond acceptors (Lipinski definition) is 6. The highest BCUT2D eigenvalue weighted by molar-refractivity contribution is 6.01. The summed E-state index contributed by atoms with van der Waals surface area (Å²) in [6.07, 6.45) is -0.0532. The number of esters is 1. The zero-order valence-electron chi connectivity index (χ0n) is 16.5. The van der Waals surface area contributed by atoms with E-state index < -0.39 is 18.4 Å². The van der Waals surface area contributed by atoms with Crippen LogP contribution in [0.3, 0.4) is 0 Å². The Kier molecular flexibility index (Phi) is 7.32. The van der Waals surface area contributed by atoms with Gasteiger partial charge in [0, 0.05) is 18.1 Å². The molecule has 148 valence electrons. The third kappa shape index (κ3) is 5.42. The zero-order chi connectivity index (χ0) is 20.7. The fourth-order valence-corrected chi connectivity index (χ4v) is 2.71. The van der Waals surface area contributed by atoms with Crippen LogP contribution in [0.25, 0.3) is 0 Å². The number of carbonyl (C=O) groups is 3. The first kappa shape index (κ1) is 21.2. The van der Waals surface area contributed by atoms with Crippen LogP contribution in [-0.2, 0) is 9.53 Å². The van der Waals surface area contributed by atoms with Gasteiger partial charge >= 0.3 is 5.97 Å². The lowest BCUT2D eigenvalue weighted by Crippen LogP contribution is -2.16. The lowest BCUT2D eigenvalue weighted by molar-refractivity contribution is -0.142. The van der Waals surface area contributed by atoms with Crippen molar-refractivity contribution in [1.82, 2.24) is 0 Å². The van der Waals surface area contributed by atoms with Gasteiger partial charge in [-0.2, -0.15) is 0 Å². The maximum atomic E-state index is 12.3. The van der Waals surface area contributed by atoms with Gasteiger partial charge in [-0.3, -0.25) is 14.4 Å². The Morgan fingerprint density at radius 3 is 2.25 bits per heavy atom. The average molecular weight is 384 g/mol. The van der Waals surface area contributed by atoms with Crippen LogP contribution in [0.1, 0.15) is 44.7 Å². The van der Waals surface area contributed by atoms with Gasteiger partial charge in [0.05, 0.1) is 26.2 Å². The Balaban J connectivity index is 1.89. The van der Waals surface area contributed by atoms with Gasteiger partial charge in [0.15, 0.2) is 12.4 Å². The van der Waals surface area contributed by atoms with Gasteiger partial charge in [0.1, 0.15) is 11.5 Å². The van der Waals surface area contributed by atoms with E-state index in [4.69, 9.17) is 14.2 Å². The van der Waals surface area contributed by atoms with Crippen LogP contribution in [0.2, 0.25) is 0 Å². The number of benzene rings is 2. The SMILES string of the molecule is COc1ccc(C(=O)COC(=O)CCC(=O)c2cc(C)ccc2C)c(OC)c1. The van der Waals surface area contributed by atoms with E-state index >= 15 is 0 Å². The molecular weight excluding hydrogens is 360 g/mol. The standard InChI is InChI=1S/C22H24O6/c1-14-5-6-15(2)18(11-14)19(23)9-10-22(25)28-13-20(24)17-8-7-16(26-3)12-21(17)27-4/h5-8,11-12H,9-10,13H2,1-4H3. The van der Waals surface area contributed by atoms with Crippen LogP contribution in [0.4, 0.5) is 0 Å². The maximum Gasteiger partial charge on any atom is 0.306 e. The van der Waals surface area contributed by atoms with Gasteiger partial charge in [-0.1, -0.05) is 17.7 Å². The fraction of sp³-hybridized carbons (Fsp3) is 0.318. The molecule has 28 heavy (non-hydrogen) atoms. The van der Waals surface area contributed by atoms with Gasteiger partial charge in [0.2, 0.25) is 5.78 Å². The third-order valence-corrected chi connectivity index (χ3v) is 4.32. The second-order valence-electron chi connectivity index (χ2n) is 6.39. The molecule has 0 aliphatic heterocycles. The normalized spacial score (nSPS) is 10.3. The predicted molar refractivity (Wildman–Crippen MR) is 104 cm³/mol. The topological polar surface area (TPSA) is 78.9 Å². The zero-order valence-corrected chi connectivity index (χ0v) is 16.5. The number of ketones is 2. The van der Waals surface area contributed by atoms with Gasteiger partial charge < -0.3 is 14.2 Å². The molecule has 0 spiro atoms. The molecule has 0 saturated heterocycles. The predicted octanol–water partition coefficient (Wildman–Crippen LogP) is 3.71. The summed E-state index contributed by atoms with van der Waals surface area (Å²) in [6.45, 7) is 3.34. The van der Waals surface area contributed by atoms with Crippen molar-refractivity contribution in [2.75, 3.05) is 20.8 Å². The van der Waals surface area contributed by atoms with E-state index in [1.165, 1.54) is 14.2 Å². The van der Waals surface area contributed by atoms with Gasteiger partial charge in [0.25, 0.3) is 0 Å². The molecule has 0 radical (unpaired) electrons. The van der Waals surface area contributed by atoms with E-state index in [0.717, 1.165) is 11.1 Å². The Morgan fingerprint density at radius 2 is 1.57 bits per heavy atom. The molecule has 2 aromatic carbocycles. The van der Waals surface area contributed by atoms with E-state index in [9.17, 15) is 14.4 Å². The van der Waals surface area contributed by atoms with Gasteiger partial charge in [-0.05, 0) is 37.6 Å². The number of rotatable bonds is 9. The second kappa shape index (κ2) is 9.69. The molecule has 6 heteroatoms. The molecule has 0 atom stereocenters. The molecule has 6 nitrogen and oxygen atoms in total. The first-order chi connectivity index (χ1) is 13.3. The lowest BCUT2D eigenvalue weighted by atomic mass is 9.99. The van der Waals surface area contributed by atoms with Crippen molar-refractivity contribution in [3.8, 4) is 11.5 Å². The molecule has 0 aliphatic carbocycles. The van der Waals surface area contributed by atoms with Crippen molar-refractivity contribution in [1.29, 1.82) is 0 Å². The van der Waals surface area contributed by atoms with Crippen LogP contribution in [0.5, 0.6) is 11.5 Å². The first-order valence-electron chi connectivity index (χ1n) is 8.87. The van der Waals surface area contributed by atoms with Crippen LogP contribution in [0, 0.1) is 13.8 Å². The van der Waals surface area contributed by atoms with Crippen molar-refractivity contribution in [3.63, 3.8) is 0 Å². The number of aryl methyl sites for hydroxylation is 2. The van der Waals surface area contributed by atoms with E-state index in [2.05, 4.69) is 0 Å². The first-order valence-corrected chi connectivity index (χ1v) is 8.87. The highest BCUT2D eigenvalue weighted by atomic mass is 16.5. The summed E-state index contributed by atoms with van der Waals surface area (Å²) in [4.78, 5) is 36.6. The van der Waals surface area contributed by atoms with E-state index in [0.29, 0.717) is 22.6 Å². The summed E-state index contributed by atoms with van der Waals surface area (Å²) < 4.78 is 15.3. The number of ether oxygens (including phenoxy) is 3. The smallest absolute Gasteiger partial charge is 0.306 e. The Morgan fingerprint density at radius 1 is 0.821 bits per heavy atom. The lowest BCUT2D eigenvalue weighted by Gasteiger charge is -2.10. The van der Waals surface area contributed by atoms with Crippen LogP contribution in [-0.4, -0.2) is 38.4 Å². The van der Waals surface area contributed by atoms with Gasteiger partial charge in [-0.15, -0.1) is 0 Å². The Hall–Kier alpha value is -3.15. The summed E-state index contributed by atoms with van der Waals surface area (Å²) >= 11 is 0. The quantitative estimate of drug-likeness (QED) is 0.484. The highest BCUT2D eigenvalue weighted by Crippen LogP contribution is 2.25. The number of carbonyl (C=O) groups excluding carboxylic acids is 3. The largest absolute Gasteiger partial charge is 0.497 e. The van der Waals surface area contributed by atoms with E-state index in [-0.39, 0.29) is 18.6 Å². The Labute approximate surface area is 164 Å².